The molecule has 8 rings (SSSR count). The van der Waals surface area contributed by atoms with E-state index in [1.54, 1.807) is 105 Å². The Hall–Kier alpha value is -12.8. The average molecular weight is 1800 g/mol. The zero-order chi connectivity index (χ0) is 93.6. The highest BCUT2D eigenvalue weighted by molar-refractivity contribution is 8.00. The number of nitrogens with two attached hydrogens (primary N) is 3. The van der Waals surface area contributed by atoms with Crippen LogP contribution < -0.4 is 70.4 Å². The Bertz CT molecular complexity index is 4890. The number of unbranched alkanes of at least 4 members (excludes halogenated alkanes) is 3. The maximum absolute atomic E-state index is 15.6. The van der Waals surface area contributed by atoms with Crippen LogP contribution >= 0.6 is 11.8 Å². The minimum atomic E-state index is -1.84. The summed E-state index contributed by atoms with van der Waals surface area (Å²) < 4.78 is 0. The van der Waals surface area contributed by atoms with Gasteiger partial charge in [0.25, 0.3) is 0 Å². The molecule has 0 spiro atoms. The third-order valence-corrected chi connectivity index (χ3v) is 23.7. The summed E-state index contributed by atoms with van der Waals surface area (Å²) in [5, 5.41) is 38.7. The quantitative estimate of drug-likeness (QED) is 0.0290. The number of imidazole rings is 1. The fraction of sp³-hybridized carbons (Fsp3) is 0.517. The number of hydrogen-bond donors (Lipinski definition) is 17. The molecule has 17 amide bonds. The van der Waals surface area contributed by atoms with Crippen LogP contribution in [0.5, 0.6) is 0 Å². The smallest absolute Gasteiger partial charge is 0.246 e. The summed E-state index contributed by atoms with van der Waals surface area (Å²) >= 11 is 0.796. The standard InChI is InChI=1S/C87H122N22O18S/c1-10-12-15-30-70-87(127)107(8)68(29-13-11-2)81(121)102-65(39-88)79(119)104-67(76(116)94-43-72(90)112)46-128-47-74(114)97-62(34-51-23-16-14-17-24-51)84(124)106(7)50(5)75(115)99-64(38-71(89)111)86(126)109-32-22-31-69(109)82(122)98-60(37-54-42-91-48-95-54)78(118)100-61(33-49(3)4)83(123)105(6)44-73(113)96-59(35-52-40-92-57-27-20-18-25-55(52)57)77(117)103-66(45-110)80(120)101-63(85(125)108(70)9)36-53-41-93-58-28-21-19-26-56(53)58/h14,16-21,23-28,40-42,48-50,59-70,92-93,110H,10-13,15,22,29-39,43-47,88H2,1-9H3,(H2,89,111)(H2,90,112)(H,91,95)(H,94,116)(H,96,113)(H,97,114)(H,98,122)(H,99,115)(H,100,118)(H,101,120)(H,102,121)(H,103,117)(H,104,119)/t50-,59-,60-,61-,62-,63-,64-,65-,66-,67-,68-,69-,70-/m0/s1. The summed E-state index contributed by atoms with van der Waals surface area (Å²) in [6.45, 7) is 5.46. The molecule has 3 aromatic heterocycles. The van der Waals surface area contributed by atoms with E-state index >= 15 is 19.2 Å². The maximum Gasteiger partial charge on any atom is 0.246 e. The Morgan fingerprint density at radius 2 is 1.08 bits per heavy atom. The van der Waals surface area contributed by atoms with Crippen molar-refractivity contribution in [1.29, 1.82) is 0 Å². The molecule has 0 bridgehead atoms. The molecule has 6 aromatic rings. The Balaban J connectivity index is 1.16. The summed E-state index contributed by atoms with van der Waals surface area (Å²) in [4.78, 5) is 265. The topological polar surface area (TPSA) is 585 Å². The Morgan fingerprint density at radius 1 is 0.539 bits per heavy atom. The van der Waals surface area contributed by atoms with Crippen LogP contribution in [0.2, 0.25) is 0 Å². The number of amides is 17. The van der Waals surface area contributed by atoms with Gasteiger partial charge < -0.3 is 115 Å². The number of aromatic nitrogens is 4. The van der Waals surface area contributed by atoms with Gasteiger partial charge in [0, 0.05) is 119 Å². The van der Waals surface area contributed by atoms with Gasteiger partial charge in [-0.15, -0.1) is 11.8 Å². The van der Waals surface area contributed by atoms with Gasteiger partial charge in [0.15, 0.2) is 0 Å². The maximum atomic E-state index is 15.6. The van der Waals surface area contributed by atoms with Gasteiger partial charge in [-0.3, -0.25) is 81.5 Å². The summed E-state index contributed by atoms with van der Waals surface area (Å²) in [5.74, 6) is -16.6. The first-order valence-electron chi connectivity index (χ1n) is 43.0. The van der Waals surface area contributed by atoms with Crippen molar-refractivity contribution in [3.63, 3.8) is 0 Å². The first-order chi connectivity index (χ1) is 61.1. The SMILES string of the molecule is CCCCC[C@H]1C(=O)N(C)[C@@H](CCCC)C(=O)N[C@@H](CN)C(=O)N[C@H](C(=O)NCC(N)=O)CSCC(=O)N[C@@H](Cc2ccccc2)C(=O)N(C)[C@@H](C)C(=O)N[C@@H](CC(N)=O)C(=O)N2CCC[C@H]2C(=O)N[C@@H](Cc2cnc[nH]2)C(=O)N[C@@H](CC(C)C)C(=O)N(C)CC(=O)N[C@@H](Cc2c[nH]c3ccccc23)C(=O)N[C@@H](CO)C(=O)N[C@@H](Cc2c[nH]c3ccccc23)C(=O)N1C. The minimum absolute atomic E-state index is 0.0107. The Kier molecular flexibility index (Phi) is 38.4. The number of hydrogen-bond acceptors (Lipinski definition) is 21. The fourth-order valence-corrected chi connectivity index (χ4v) is 16.3. The molecule has 0 radical (unpaired) electrons. The zero-order valence-corrected chi connectivity index (χ0v) is 74.5. The van der Waals surface area contributed by atoms with Crippen molar-refractivity contribution in [3.05, 3.63) is 126 Å². The molecular weight excluding hydrogens is 1670 g/mol. The molecule has 41 heteroatoms. The lowest BCUT2D eigenvalue weighted by Gasteiger charge is -2.36. The number of nitrogens with zero attached hydrogens (tertiary/aromatic N) is 6. The molecule has 0 unspecified atom stereocenters. The Morgan fingerprint density at radius 3 is 1.68 bits per heavy atom. The molecule has 2 saturated heterocycles. The van der Waals surface area contributed by atoms with Gasteiger partial charge in [0.1, 0.15) is 78.5 Å². The molecule has 2 aliphatic heterocycles. The highest BCUT2D eigenvalue weighted by Gasteiger charge is 2.44. The molecule has 0 aliphatic carbocycles. The number of para-hydroxylation sites is 2. The molecule has 2 fully saturated rings. The van der Waals surface area contributed by atoms with Crippen LogP contribution in [0.4, 0.5) is 0 Å². The number of thioether (sulfide) groups is 1. The van der Waals surface area contributed by atoms with E-state index in [1.165, 1.54) is 47.6 Å². The van der Waals surface area contributed by atoms with E-state index in [0.29, 0.717) is 76.3 Å². The third kappa shape index (κ3) is 28.4. The van der Waals surface area contributed by atoms with Crippen molar-refractivity contribution in [2.24, 2.45) is 23.1 Å². The number of likely N-dealkylation sites (N-methyl/N-ethyl adjacent to an activating group) is 4. The molecule has 694 valence electrons. The van der Waals surface area contributed by atoms with Gasteiger partial charge in [-0.05, 0) is 73.8 Å². The number of fused-ring (bicyclic) bond motifs is 3. The second kappa shape index (κ2) is 48.8. The molecule has 2 aliphatic rings. The lowest BCUT2D eigenvalue weighted by molar-refractivity contribution is -0.149. The van der Waals surface area contributed by atoms with Crippen molar-refractivity contribution in [3.8, 4) is 0 Å². The number of aliphatic hydroxyl groups is 1. The van der Waals surface area contributed by atoms with Gasteiger partial charge >= 0.3 is 0 Å². The van der Waals surface area contributed by atoms with Crippen molar-refractivity contribution in [2.75, 3.05) is 72.5 Å². The summed E-state index contributed by atoms with van der Waals surface area (Å²) in [6.07, 6.45) is 7.08. The number of primary amides is 2. The highest BCUT2D eigenvalue weighted by Crippen LogP contribution is 2.26. The van der Waals surface area contributed by atoms with Crippen LogP contribution in [-0.4, -0.2) is 301 Å². The van der Waals surface area contributed by atoms with Crippen LogP contribution in [0, 0.1) is 5.92 Å². The number of H-pyrrole nitrogens is 3. The van der Waals surface area contributed by atoms with Crippen LogP contribution in [0.25, 0.3) is 21.8 Å². The van der Waals surface area contributed by atoms with Gasteiger partial charge in [-0.1, -0.05) is 127 Å². The zero-order valence-electron chi connectivity index (χ0n) is 73.7. The molecular formula is C87H122N22O18S. The molecule has 13 atom stereocenters. The molecule has 3 aromatic carbocycles. The van der Waals surface area contributed by atoms with E-state index in [0.717, 1.165) is 36.3 Å². The van der Waals surface area contributed by atoms with Gasteiger partial charge in [0.2, 0.25) is 100 Å². The van der Waals surface area contributed by atoms with Crippen molar-refractivity contribution < 1.29 is 86.6 Å². The fourth-order valence-electron chi connectivity index (χ4n) is 15.4. The summed E-state index contributed by atoms with van der Waals surface area (Å²) in [7, 11) is 5.27. The van der Waals surface area contributed by atoms with Crippen molar-refractivity contribution in [2.45, 2.75) is 209 Å². The van der Waals surface area contributed by atoms with Crippen LogP contribution in [0.1, 0.15) is 128 Å². The predicted octanol–water partition coefficient (Wildman–Crippen LogP) is -2.05. The molecule has 128 heavy (non-hydrogen) atoms. The number of carbonyl (C=O) groups excluding carboxylic acids is 17. The number of carbonyl (C=O) groups is 17. The lowest BCUT2D eigenvalue weighted by atomic mass is 9.99. The highest BCUT2D eigenvalue weighted by atomic mass is 32.2. The molecule has 5 heterocycles. The van der Waals surface area contributed by atoms with Crippen LogP contribution in [0.15, 0.2) is 104 Å². The number of aromatic amines is 3. The molecule has 0 saturated carbocycles. The third-order valence-electron chi connectivity index (χ3n) is 22.6. The van der Waals surface area contributed by atoms with E-state index in [2.05, 4.69) is 73.1 Å². The number of nitrogens with one attached hydrogen (secondary N) is 13. The minimum Gasteiger partial charge on any atom is -0.394 e. The second-order valence-electron chi connectivity index (χ2n) is 32.8. The van der Waals surface area contributed by atoms with Gasteiger partial charge in [-0.25, -0.2) is 4.98 Å². The van der Waals surface area contributed by atoms with Crippen LogP contribution in [0.3, 0.4) is 0 Å². The van der Waals surface area contributed by atoms with Crippen molar-refractivity contribution in [1.82, 2.24) is 97.6 Å². The summed E-state index contributed by atoms with van der Waals surface area (Å²) in [6, 6.07) is 3.02. The normalized spacial score (nSPS) is 23.9. The molecule has 40 nitrogen and oxygen atoms in total. The molecule has 20 N–H and O–H groups in total. The van der Waals surface area contributed by atoms with E-state index < -0.39 is 223 Å². The van der Waals surface area contributed by atoms with E-state index in [4.69, 9.17) is 17.2 Å². The van der Waals surface area contributed by atoms with E-state index in [-0.39, 0.29) is 70.3 Å². The number of aliphatic hydroxyl groups excluding tert-OH is 1. The van der Waals surface area contributed by atoms with E-state index in [9.17, 15) is 67.4 Å². The number of rotatable bonds is 24. The number of benzene rings is 3. The monoisotopic (exact) mass is 1790 g/mol. The average Bonchev–Trinajstić information content (AvgIpc) is 1.45. The second-order valence-corrected chi connectivity index (χ2v) is 33.8. The van der Waals surface area contributed by atoms with Crippen molar-refractivity contribution >= 4 is 134 Å². The first-order valence-corrected chi connectivity index (χ1v) is 44.1. The van der Waals surface area contributed by atoms with Gasteiger partial charge in [-0.2, -0.15) is 0 Å². The predicted molar refractivity (Wildman–Crippen MR) is 474 cm³/mol. The van der Waals surface area contributed by atoms with E-state index in [1.807, 2.05) is 13.8 Å². The lowest BCUT2D eigenvalue weighted by Crippen LogP contribution is -2.62. The largest absolute Gasteiger partial charge is 0.394 e. The van der Waals surface area contributed by atoms with Gasteiger partial charge in [0.05, 0.1) is 38.2 Å². The summed E-state index contributed by atoms with van der Waals surface area (Å²) in [5.41, 5.74) is 20.6. The first kappa shape index (κ1) is 101. The Labute approximate surface area is 745 Å². The van der Waals surface area contributed by atoms with Crippen LogP contribution in [-0.2, 0) is 107 Å².